The molecule has 0 N–H and O–H groups in total. The van der Waals surface area contributed by atoms with Gasteiger partial charge in [0.25, 0.3) is 0 Å². The van der Waals surface area contributed by atoms with Gasteiger partial charge in [-0.05, 0) is 37.0 Å². The van der Waals surface area contributed by atoms with Gasteiger partial charge in [-0.2, -0.15) is 0 Å². The summed E-state index contributed by atoms with van der Waals surface area (Å²) in [6.07, 6.45) is 8.51. The van der Waals surface area contributed by atoms with E-state index in [1.165, 1.54) is 37.0 Å². The van der Waals surface area contributed by atoms with Crippen molar-refractivity contribution >= 4 is 15.8 Å². The molecule has 96 valence electrons. The molecule has 0 saturated carbocycles. The maximum atomic E-state index is 2.29. The summed E-state index contributed by atoms with van der Waals surface area (Å²) in [6, 6.07) is 0. The molecular formula is C12H30P2Pt+2. The molecule has 0 aliphatic rings. The molecule has 0 aromatic rings. The molecule has 0 rings (SSSR count). The molecule has 0 aromatic heterocycles. The number of rotatable bonds is 6. The van der Waals surface area contributed by atoms with E-state index in [0.717, 1.165) is 0 Å². The van der Waals surface area contributed by atoms with Crippen LogP contribution in [0, 0.1) is 0 Å². The minimum atomic E-state index is 0. The summed E-state index contributed by atoms with van der Waals surface area (Å²) in [4.78, 5) is 0. The smallest absolute Gasteiger partial charge is 0.108 e. The van der Waals surface area contributed by atoms with E-state index in [0.29, 0.717) is 15.8 Å². The minimum Gasteiger partial charge on any atom is -0.108 e. The first-order valence-electron chi connectivity index (χ1n) is 6.14. The van der Waals surface area contributed by atoms with Gasteiger partial charge in [0.05, 0.1) is 0 Å². The molecule has 0 heterocycles. The first kappa shape index (κ1) is 21.8. The average Bonchev–Trinajstić information content (AvgIpc) is 2.24. The number of hydrogen-bond donors (Lipinski definition) is 0. The zero-order valence-corrected chi connectivity index (χ0v) is 15.5. The molecule has 0 aliphatic carbocycles. The van der Waals surface area contributed by atoms with Gasteiger partial charge in [-0.1, -0.05) is 41.5 Å². The Morgan fingerprint density at radius 1 is 0.467 bits per heavy atom. The van der Waals surface area contributed by atoms with Crippen LogP contribution in [-0.4, -0.2) is 37.0 Å². The van der Waals surface area contributed by atoms with E-state index in [1.807, 2.05) is 0 Å². The predicted octanol–water partition coefficient (Wildman–Crippen LogP) is 5.05. The van der Waals surface area contributed by atoms with Gasteiger partial charge in [0, 0.05) is 0 Å². The Bertz CT molecular complexity index is 68.6. The molecule has 0 bridgehead atoms. The Morgan fingerprint density at radius 3 is 0.600 bits per heavy atom. The van der Waals surface area contributed by atoms with Crippen molar-refractivity contribution in [1.82, 2.24) is 0 Å². The van der Waals surface area contributed by atoms with Gasteiger partial charge in [0.15, 0.2) is 0 Å². The quantitative estimate of drug-likeness (QED) is 0.516. The van der Waals surface area contributed by atoms with Gasteiger partial charge in [-0.25, -0.2) is 0 Å². The van der Waals surface area contributed by atoms with Crippen LogP contribution in [0.1, 0.15) is 41.5 Å². The van der Waals surface area contributed by atoms with Crippen molar-refractivity contribution in [1.29, 1.82) is 0 Å². The Hall–Kier alpha value is 1.55. The minimum absolute atomic E-state index is 0. The second-order valence-corrected chi connectivity index (χ2v) is 9.72. The number of hydrogen-bond acceptors (Lipinski definition) is 0. The third-order valence-corrected chi connectivity index (χ3v) is 8.05. The zero-order valence-electron chi connectivity index (χ0n) is 11.5. The van der Waals surface area contributed by atoms with Gasteiger partial charge in [0.2, 0.25) is 0 Å². The van der Waals surface area contributed by atoms with Crippen LogP contribution in [0.5, 0.6) is 0 Å². The average molecular weight is 431 g/mol. The zero-order chi connectivity index (χ0) is 11.4. The summed E-state index contributed by atoms with van der Waals surface area (Å²) in [7, 11) is 0.892. The van der Waals surface area contributed by atoms with E-state index in [4.69, 9.17) is 0 Å². The van der Waals surface area contributed by atoms with E-state index >= 15 is 0 Å². The van der Waals surface area contributed by atoms with Crippen molar-refractivity contribution < 1.29 is 21.1 Å². The maximum Gasteiger partial charge on any atom is 2.00 e. The molecule has 0 fully saturated rings. The summed E-state index contributed by atoms with van der Waals surface area (Å²) in [5.41, 5.74) is 0. The van der Waals surface area contributed by atoms with Crippen LogP contribution >= 0.6 is 15.8 Å². The van der Waals surface area contributed by atoms with Crippen LogP contribution in [-0.2, 0) is 21.1 Å². The van der Waals surface area contributed by atoms with Crippen LogP contribution < -0.4 is 0 Å². The van der Waals surface area contributed by atoms with Crippen LogP contribution in [0.3, 0.4) is 0 Å². The standard InChI is InChI=1S/2C6H15P.Pt/c2*1-4-7(5-2)6-3;/h2*4-6H2,1-3H3;/q;;+2. The van der Waals surface area contributed by atoms with Crippen molar-refractivity contribution in [3.05, 3.63) is 0 Å². The second-order valence-electron chi connectivity index (χ2n) is 3.24. The summed E-state index contributed by atoms with van der Waals surface area (Å²) in [6.45, 7) is 13.7. The summed E-state index contributed by atoms with van der Waals surface area (Å²) < 4.78 is 0. The molecule has 0 nitrogen and oxygen atoms in total. The molecule has 0 amide bonds. The molecule has 3 heteroatoms. The molecule has 0 unspecified atom stereocenters. The van der Waals surface area contributed by atoms with E-state index in [9.17, 15) is 0 Å². The van der Waals surface area contributed by atoms with Crippen molar-refractivity contribution in [2.24, 2.45) is 0 Å². The summed E-state index contributed by atoms with van der Waals surface area (Å²) >= 11 is 0. The molecule has 0 spiro atoms. The molecule has 0 radical (unpaired) electrons. The Labute approximate surface area is 115 Å². The largest absolute Gasteiger partial charge is 2.00 e. The molecule has 0 aromatic carbocycles. The first-order valence-corrected chi connectivity index (χ1v) is 9.93. The van der Waals surface area contributed by atoms with Crippen LogP contribution in [0.4, 0.5) is 0 Å². The van der Waals surface area contributed by atoms with Crippen LogP contribution in [0.25, 0.3) is 0 Å². The van der Waals surface area contributed by atoms with E-state index in [2.05, 4.69) is 41.5 Å². The summed E-state index contributed by atoms with van der Waals surface area (Å²) in [5, 5.41) is 0. The van der Waals surface area contributed by atoms with Crippen molar-refractivity contribution in [3.63, 3.8) is 0 Å². The van der Waals surface area contributed by atoms with Crippen LogP contribution in [0.15, 0.2) is 0 Å². The SMILES string of the molecule is CCP(CC)CC.CCP(CC)CC.[Pt+2]. The second kappa shape index (κ2) is 17.9. The third kappa shape index (κ3) is 15.5. The van der Waals surface area contributed by atoms with Crippen molar-refractivity contribution in [3.8, 4) is 0 Å². The van der Waals surface area contributed by atoms with Gasteiger partial charge in [-0.15, -0.1) is 15.8 Å². The molecular weight excluding hydrogens is 401 g/mol. The Morgan fingerprint density at radius 2 is 0.600 bits per heavy atom. The molecule has 15 heavy (non-hydrogen) atoms. The predicted molar refractivity (Wildman–Crippen MR) is 77.1 cm³/mol. The summed E-state index contributed by atoms with van der Waals surface area (Å²) in [5.74, 6) is 0. The van der Waals surface area contributed by atoms with E-state index < -0.39 is 0 Å². The first-order chi connectivity index (χ1) is 6.69. The normalized spacial score (nSPS) is 9.60. The van der Waals surface area contributed by atoms with Gasteiger partial charge < -0.3 is 0 Å². The fraction of sp³-hybridized carbons (Fsp3) is 1.00. The molecule has 0 aliphatic heterocycles. The van der Waals surface area contributed by atoms with Gasteiger partial charge in [-0.3, -0.25) is 0 Å². The van der Waals surface area contributed by atoms with E-state index in [-0.39, 0.29) is 21.1 Å². The van der Waals surface area contributed by atoms with Crippen LogP contribution in [0.2, 0.25) is 0 Å². The van der Waals surface area contributed by atoms with Crippen molar-refractivity contribution in [2.75, 3.05) is 37.0 Å². The Balaban J connectivity index is -0.000000180. The molecule has 0 atom stereocenters. The maximum absolute atomic E-state index is 2.29. The van der Waals surface area contributed by atoms with Crippen molar-refractivity contribution in [2.45, 2.75) is 41.5 Å². The van der Waals surface area contributed by atoms with E-state index in [1.54, 1.807) is 0 Å². The van der Waals surface area contributed by atoms with Gasteiger partial charge in [0.1, 0.15) is 0 Å². The topological polar surface area (TPSA) is 0 Å². The fourth-order valence-electron chi connectivity index (χ4n) is 1.34. The molecule has 0 saturated heterocycles. The Kier molecular flexibility index (Phi) is 26.0. The monoisotopic (exact) mass is 431 g/mol. The fourth-order valence-corrected chi connectivity index (χ4v) is 4.02. The third-order valence-electron chi connectivity index (χ3n) is 2.68. The van der Waals surface area contributed by atoms with Gasteiger partial charge >= 0.3 is 21.1 Å².